The Bertz CT molecular complexity index is 524. The molecule has 0 spiro atoms. The van der Waals surface area contributed by atoms with Crippen LogP contribution in [0, 0.1) is 6.92 Å². The van der Waals surface area contributed by atoms with Gasteiger partial charge in [-0.05, 0) is 32.9 Å². The van der Waals surface area contributed by atoms with Gasteiger partial charge in [0.15, 0.2) is 0 Å². The third-order valence-corrected chi connectivity index (χ3v) is 3.75. The average Bonchev–Trinajstić information content (AvgIpc) is 2.75. The van der Waals surface area contributed by atoms with E-state index < -0.39 is 0 Å². The Hall–Kier alpha value is -1.62. The highest BCUT2D eigenvalue weighted by Crippen LogP contribution is 2.18. The SMILES string of the molecule is CCNc1cc(NC(C)Cc2ccc(C)s2)ncn1. The van der Waals surface area contributed by atoms with E-state index in [1.807, 2.05) is 17.4 Å². The smallest absolute Gasteiger partial charge is 0.131 e. The molecule has 2 N–H and O–H groups in total. The first-order valence-corrected chi connectivity index (χ1v) is 7.36. The minimum atomic E-state index is 0.349. The zero-order chi connectivity index (χ0) is 13.7. The molecule has 2 heterocycles. The molecule has 0 aliphatic carbocycles. The molecule has 4 nitrogen and oxygen atoms in total. The third kappa shape index (κ3) is 4.21. The number of thiophene rings is 1. The number of hydrogen-bond acceptors (Lipinski definition) is 5. The summed E-state index contributed by atoms with van der Waals surface area (Å²) >= 11 is 1.85. The van der Waals surface area contributed by atoms with Crippen LogP contribution >= 0.6 is 11.3 Å². The molecular weight excluding hydrogens is 256 g/mol. The molecule has 0 fully saturated rings. The van der Waals surface area contributed by atoms with Crippen LogP contribution in [0.2, 0.25) is 0 Å². The Morgan fingerprint density at radius 2 is 2.05 bits per heavy atom. The molecule has 102 valence electrons. The van der Waals surface area contributed by atoms with Gasteiger partial charge < -0.3 is 10.6 Å². The fourth-order valence-electron chi connectivity index (χ4n) is 1.91. The van der Waals surface area contributed by atoms with Crippen LogP contribution in [0.25, 0.3) is 0 Å². The monoisotopic (exact) mass is 276 g/mol. The summed E-state index contributed by atoms with van der Waals surface area (Å²) in [5.41, 5.74) is 0. The van der Waals surface area contributed by atoms with Crippen LogP contribution in [0.1, 0.15) is 23.6 Å². The summed E-state index contributed by atoms with van der Waals surface area (Å²) in [4.78, 5) is 11.2. The van der Waals surface area contributed by atoms with E-state index in [9.17, 15) is 0 Å². The van der Waals surface area contributed by atoms with Crippen molar-refractivity contribution in [2.75, 3.05) is 17.2 Å². The van der Waals surface area contributed by atoms with Crippen molar-refractivity contribution in [2.45, 2.75) is 33.2 Å². The van der Waals surface area contributed by atoms with E-state index in [4.69, 9.17) is 0 Å². The van der Waals surface area contributed by atoms with E-state index in [0.717, 1.165) is 24.6 Å². The quantitative estimate of drug-likeness (QED) is 0.850. The Morgan fingerprint density at radius 1 is 1.26 bits per heavy atom. The number of rotatable bonds is 6. The van der Waals surface area contributed by atoms with E-state index in [2.05, 4.69) is 53.5 Å². The first-order chi connectivity index (χ1) is 9.17. The largest absolute Gasteiger partial charge is 0.370 e. The molecule has 0 aromatic carbocycles. The summed E-state index contributed by atoms with van der Waals surface area (Å²) in [6, 6.07) is 6.66. The molecule has 2 aromatic heterocycles. The summed E-state index contributed by atoms with van der Waals surface area (Å²) in [6.45, 7) is 7.22. The molecule has 5 heteroatoms. The molecular formula is C14H20N4S. The second kappa shape index (κ2) is 6.52. The van der Waals surface area contributed by atoms with Crippen molar-refractivity contribution < 1.29 is 0 Å². The second-order valence-corrected chi connectivity index (χ2v) is 5.95. The third-order valence-electron chi connectivity index (χ3n) is 2.72. The van der Waals surface area contributed by atoms with Gasteiger partial charge in [0.1, 0.15) is 18.0 Å². The molecule has 1 unspecified atom stereocenters. The first-order valence-electron chi connectivity index (χ1n) is 6.55. The molecule has 0 aliphatic heterocycles. The number of aromatic nitrogens is 2. The number of aryl methyl sites for hydroxylation is 1. The zero-order valence-corrected chi connectivity index (χ0v) is 12.4. The van der Waals surface area contributed by atoms with Gasteiger partial charge in [-0.25, -0.2) is 9.97 Å². The van der Waals surface area contributed by atoms with E-state index in [0.29, 0.717) is 6.04 Å². The van der Waals surface area contributed by atoms with E-state index in [-0.39, 0.29) is 0 Å². The van der Waals surface area contributed by atoms with Gasteiger partial charge in [-0.1, -0.05) is 0 Å². The maximum absolute atomic E-state index is 4.25. The summed E-state index contributed by atoms with van der Waals surface area (Å²) < 4.78 is 0. The lowest BCUT2D eigenvalue weighted by Crippen LogP contribution is -2.18. The van der Waals surface area contributed by atoms with Gasteiger partial charge in [-0.2, -0.15) is 0 Å². The number of hydrogen-bond donors (Lipinski definition) is 2. The topological polar surface area (TPSA) is 49.8 Å². The zero-order valence-electron chi connectivity index (χ0n) is 11.6. The lowest BCUT2D eigenvalue weighted by Gasteiger charge is -2.14. The van der Waals surface area contributed by atoms with Crippen molar-refractivity contribution in [3.63, 3.8) is 0 Å². The van der Waals surface area contributed by atoms with Gasteiger partial charge in [0.05, 0.1) is 0 Å². The molecule has 19 heavy (non-hydrogen) atoms. The lowest BCUT2D eigenvalue weighted by atomic mass is 10.2. The highest BCUT2D eigenvalue weighted by Gasteiger charge is 2.06. The molecule has 2 aromatic rings. The maximum atomic E-state index is 4.25. The molecule has 1 atom stereocenters. The summed E-state index contributed by atoms with van der Waals surface area (Å²) in [6.07, 6.45) is 2.60. The van der Waals surface area contributed by atoms with Gasteiger partial charge >= 0.3 is 0 Å². The average molecular weight is 276 g/mol. The van der Waals surface area contributed by atoms with Gasteiger partial charge in [0.25, 0.3) is 0 Å². The van der Waals surface area contributed by atoms with Crippen LogP contribution in [-0.2, 0) is 6.42 Å². The molecule has 2 rings (SSSR count). The Balaban J connectivity index is 1.94. The second-order valence-electron chi connectivity index (χ2n) is 4.58. The van der Waals surface area contributed by atoms with Crippen LogP contribution in [0.15, 0.2) is 24.5 Å². The van der Waals surface area contributed by atoms with Crippen molar-refractivity contribution in [3.05, 3.63) is 34.3 Å². The minimum Gasteiger partial charge on any atom is -0.370 e. The normalized spacial score (nSPS) is 12.2. The molecule has 0 saturated carbocycles. The predicted molar refractivity (Wildman–Crippen MR) is 82.0 cm³/mol. The highest BCUT2D eigenvalue weighted by molar-refractivity contribution is 7.11. The van der Waals surface area contributed by atoms with Gasteiger partial charge in [-0.15, -0.1) is 11.3 Å². The first kappa shape index (κ1) is 13.8. The van der Waals surface area contributed by atoms with Crippen LogP contribution in [0.5, 0.6) is 0 Å². The Kier molecular flexibility index (Phi) is 4.74. The fraction of sp³-hybridized carbons (Fsp3) is 0.429. The number of nitrogens with one attached hydrogen (secondary N) is 2. The molecule has 0 saturated heterocycles. The molecule has 0 bridgehead atoms. The summed E-state index contributed by atoms with van der Waals surface area (Å²) in [5, 5.41) is 6.60. The summed E-state index contributed by atoms with van der Waals surface area (Å²) in [5.74, 6) is 1.73. The maximum Gasteiger partial charge on any atom is 0.131 e. The Labute approximate surface area is 118 Å². The minimum absolute atomic E-state index is 0.349. The van der Waals surface area contributed by atoms with Crippen LogP contribution in [0.4, 0.5) is 11.6 Å². The van der Waals surface area contributed by atoms with E-state index in [1.165, 1.54) is 9.75 Å². The highest BCUT2D eigenvalue weighted by atomic mass is 32.1. The van der Waals surface area contributed by atoms with Crippen LogP contribution < -0.4 is 10.6 Å². The van der Waals surface area contributed by atoms with Gasteiger partial charge in [0.2, 0.25) is 0 Å². The number of nitrogens with zero attached hydrogens (tertiary/aromatic N) is 2. The van der Waals surface area contributed by atoms with E-state index in [1.54, 1.807) is 6.33 Å². The van der Waals surface area contributed by atoms with Gasteiger partial charge in [0, 0.05) is 34.8 Å². The molecule has 0 amide bonds. The van der Waals surface area contributed by atoms with Crippen LogP contribution in [-0.4, -0.2) is 22.6 Å². The van der Waals surface area contributed by atoms with Crippen LogP contribution in [0.3, 0.4) is 0 Å². The van der Waals surface area contributed by atoms with Crippen molar-refractivity contribution in [1.82, 2.24) is 9.97 Å². The van der Waals surface area contributed by atoms with Crippen molar-refractivity contribution in [1.29, 1.82) is 0 Å². The molecule has 0 radical (unpaired) electrons. The predicted octanol–water partition coefficient (Wildman–Crippen LogP) is 3.32. The number of anilines is 2. The summed E-state index contributed by atoms with van der Waals surface area (Å²) in [7, 11) is 0. The van der Waals surface area contributed by atoms with E-state index >= 15 is 0 Å². The Morgan fingerprint density at radius 3 is 2.74 bits per heavy atom. The fourth-order valence-corrected chi connectivity index (χ4v) is 2.93. The van der Waals surface area contributed by atoms with Crippen molar-refractivity contribution >= 4 is 23.0 Å². The van der Waals surface area contributed by atoms with Gasteiger partial charge in [-0.3, -0.25) is 0 Å². The lowest BCUT2D eigenvalue weighted by molar-refractivity contribution is 0.793. The van der Waals surface area contributed by atoms with Crippen molar-refractivity contribution in [2.24, 2.45) is 0 Å². The van der Waals surface area contributed by atoms with Crippen molar-refractivity contribution in [3.8, 4) is 0 Å². The molecule has 0 aliphatic rings. The standard InChI is InChI=1S/C14H20N4S/c1-4-15-13-8-14(17-9-16-13)18-10(2)7-12-6-5-11(3)19-12/h5-6,8-10H,4,7H2,1-3H3,(H2,15,16,17,18).